The number of rotatable bonds is 5. The van der Waals surface area contributed by atoms with Crippen LogP contribution >= 0.6 is 33.9 Å². The molecule has 0 atom stereocenters. The molecule has 0 spiro atoms. The summed E-state index contributed by atoms with van der Waals surface area (Å²) in [5.41, 5.74) is 0.849. The highest BCUT2D eigenvalue weighted by Crippen LogP contribution is 2.27. The van der Waals surface area contributed by atoms with Gasteiger partial charge in [-0.2, -0.15) is 0 Å². The number of hydrogen-bond donors (Lipinski definition) is 1. The van der Waals surface area contributed by atoms with E-state index in [1.807, 2.05) is 18.2 Å². The van der Waals surface area contributed by atoms with Gasteiger partial charge in [-0.1, -0.05) is 12.1 Å². The lowest BCUT2D eigenvalue weighted by Crippen LogP contribution is -2.28. The fourth-order valence-electron chi connectivity index (χ4n) is 2.57. The molecular formula is C18H16IN3O4S. The number of halogens is 1. The van der Waals surface area contributed by atoms with Crippen molar-refractivity contribution in [1.29, 1.82) is 0 Å². The van der Waals surface area contributed by atoms with Crippen molar-refractivity contribution in [3.8, 4) is 0 Å². The van der Waals surface area contributed by atoms with Gasteiger partial charge in [0.15, 0.2) is 0 Å². The number of esters is 1. The van der Waals surface area contributed by atoms with Gasteiger partial charge in [-0.15, -0.1) is 11.3 Å². The van der Waals surface area contributed by atoms with Crippen LogP contribution in [0.5, 0.6) is 0 Å². The summed E-state index contributed by atoms with van der Waals surface area (Å²) in [6, 6.07) is 7.36. The smallest absolute Gasteiger partial charge is 0.348 e. The van der Waals surface area contributed by atoms with Crippen molar-refractivity contribution in [2.45, 2.75) is 20.4 Å². The third-order valence-corrected chi connectivity index (χ3v) is 5.96. The summed E-state index contributed by atoms with van der Waals surface area (Å²) in [5, 5.41) is 3.12. The summed E-state index contributed by atoms with van der Waals surface area (Å²) in [6.07, 6.45) is 1.32. The number of benzene rings is 1. The topological polar surface area (TPSA) is 90.3 Å². The van der Waals surface area contributed by atoms with Crippen molar-refractivity contribution in [3.63, 3.8) is 0 Å². The van der Waals surface area contributed by atoms with Crippen LogP contribution in [0.1, 0.15) is 22.2 Å². The minimum Gasteiger partial charge on any atom is -0.462 e. The molecule has 3 rings (SSSR count). The maximum absolute atomic E-state index is 12.8. The summed E-state index contributed by atoms with van der Waals surface area (Å²) < 4.78 is 7.16. The van der Waals surface area contributed by atoms with Crippen LogP contribution in [0, 0.1) is 10.5 Å². The number of ether oxygens (including phenoxy) is 1. The monoisotopic (exact) mass is 497 g/mol. The van der Waals surface area contributed by atoms with E-state index in [-0.39, 0.29) is 24.6 Å². The number of carbonyl (C=O) groups is 2. The first-order chi connectivity index (χ1) is 12.9. The molecule has 0 aliphatic rings. The molecule has 0 radical (unpaired) electrons. The minimum absolute atomic E-state index is 0.170. The van der Waals surface area contributed by atoms with Crippen molar-refractivity contribution in [2.75, 3.05) is 11.9 Å². The third kappa shape index (κ3) is 4.03. The van der Waals surface area contributed by atoms with E-state index in [1.165, 1.54) is 10.9 Å². The number of nitrogens with one attached hydrogen (secondary N) is 1. The molecule has 3 aromatic rings. The van der Waals surface area contributed by atoms with Gasteiger partial charge in [0.25, 0.3) is 5.56 Å². The average Bonchev–Trinajstić information content (AvgIpc) is 2.97. The van der Waals surface area contributed by atoms with E-state index in [1.54, 1.807) is 19.9 Å². The first kappa shape index (κ1) is 19.5. The lowest BCUT2D eigenvalue weighted by atomic mass is 10.2. The highest BCUT2D eigenvalue weighted by atomic mass is 127. The third-order valence-electron chi connectivity index (χ3n) is 3.84. The second kappa shape index (κ2) is 8.17. The largest absolute Gasteiger partial charge is 0.462 e. The van der Waals surface area contributed by atoms with Gasteiger partial charge >= 0.3 is 5.97 Å². The number of anilines is 1. The molecule has 0 saturated carbocycles. The maximum atomic E-state index is 12.8. The van der Waals surface area contributed by atoms with Crippen LogP contribution in [-0.4, -0.2) is 28.0 Å². The lowest BCUT2D eigenvalue weighted by molar-refractivity contribution is -0.116. The average molecular weight is 497 g/mol. The van der Waals surface area contributed by atoms with E-state index >= 15 is 0 Å². The number of aromatic nitrogens is 2. The van der Waals surface area contributed by atoms with Gasteiger partial charge in [0.05, 0.1) is 24.0 Å². The Morgan fingerprint density at radius 3 is 2.78 bits per heavy atom. The second-order valence-electron chi connectivity index (χ2n) is 5.66. The predicted octanol–water partition coefficient (Wildman–Crippen LogP) is 3.19. The van der Waals surface area contributed by atoms with Crippen LogP contribution in [-0.2, 0) is 16.1 Å². The van der Waals surface area contributed by atoms with Gasteiger partial charge in [0, 0.05) is 3.57 Å². The SMILES string of the molecule is CCOC(=O)c1sc2ncn(CC(=O)Nc3ccccc3I)c(=O)c2c1C. The maximum Gasteiger partial charge on any atom is 0.348 e. The molecule has 0 saturated heterocycles. The van der Waals surface area contributed by atoms with E-state index in [4.69, 9.17) is 4.74 Å². The van der Waals surface area contributed by atoms with Crippen LogP contribution in [0.4, 0.5) is 5.69 Å². The number of para-hydroxylation sites is 1. The molecule has 27 heavy (non-hydrogen) atoms. The number of amides is 1. The quantitative estimate of drug-likeness (QED) is 0.432. The zero-order valence-corrected chi connectivity index (χ0v) is 17.6. The van der Waals surface area contributed by atoms with Crippen LogP contribution in [0.25, 0.3) is 10.2 Å². The Kier molecular flexibility index (Phi) is 5.90. The number of aryl methyl sites for hydroxylation is 1. The van der Waals surface area contributed by atoms with E-state index in [2.05, 4.69) is 32.9 Å². The highest BCUT2D eigenvalue weighted by molar-refractivity contribution is 14.1. The summed E-state index contributed by atoms with van der Waals surface area (Å²) in [5.74, 6) is -0.804. The molecule has 0 fully saturated rings. The minimum atomic E-state index is -0.472. The Labute approximate surface area is 172 Å². The standard InChI is InChI=1S/C18H16IN3O4S/c1-3-26-18(25)15-10(2)14-16(27-15)20-9-22(17(14)24)8-13(23)21-12-7-5-4-6-11(12)19/h4-7,9H,3,8H2,1-2H3,(H,21,23). The number of thiophene rings is 1. The van der Waals surface area contributed by atoms with E-state index in [0.717, 1.165) is 14.9 Å². The summed E-state index contributed by atoms with van der Waals surface area (Å²) in [6.45, 7) is 3.49. The predicted molar refractivity (Wildman–Crippen MR) is 112 cm³/mol. The first-order valence-electron chi connectivity index (χ1n) is 8.12. The van der Waals surface area contributed by atoms with Crippen molar-refractivity contribution >= 4 is 61.7 Å². The molecule has 0 aliphatic heterocycles. The summed E-state index contributed by atoms with van der Waals surface area (Å²) in [4.78, 5) is 42.2. The van der Waals surface area contributed by atoms with Gasteiger partial charge in [-0.05, 0) is 54.1 Å². The van der Waals surface area contributed by atoms with Crippen molar-refractivity contribution in [2.24, 2.45) is 0 Å². The molecule has 7 nitrogen and oxygen atoms in total. The first-order valence-corrected chi connectivity index (χ1v) is 10.0. The Bertz CT molecular complexity index is 1090. The molecule has 1 N–H and O–H groups in total. The van der Waals surface area contributed by atoms with Crippen LogP contribution in [0.2, 0.25) is 0 Å². The van der Waals surface area contributed by atoms with E-state index in [0.29, 0.717) is 26.3 Å². The molecule has 0 bridgehead atoms. The molecule has 2 heterocycles. The number of nitrogens with zero attached hydrogens (tertiary/aromatic N) is 2. The van der Waals surface area contributed by atoms with Crippen molar-refractivity contribution < 1.29 is 14.3 Å². The molecule has 2 aromatic heterocycles. The van der Waals surface area contributed by atoms with Crippen LogP contribution in [0.15, 0.2) is 35.4 Å². The normalized spacial score (nSPS) is 10.8. The Morgan fingerprint density at radius 1 is 1.33 bits per heavy atom. The Balaban J connectivity index is 1.90. The van der Waals surface area contributed by atoms with E-state index in [9.17, 15) is 14.4 Å². The van der Waals surface area contributed by atoms with E-state index < -0.39 is 5.97 Å². The van der Waals surface area contributed by atoms with Crippen LogP contribution < -0.4 is 10.9 Å². The molecule has 9 heteroatoms. The molecular weight excluding hydrogens is 481 g/mol. The van der Waals surface area contributed by atoms with Gasteiger partial charge < -0.3 is 10.1 Å². The summed E-state index contributed by atoms with van der Waals surface area (Å²) >= 11 is 3.24. The number of hydrogen-bond acceptors (Lipinski definition) is 6. The van der Waals surface area contributed by atoms with Gasteiger partial charge in [-0.3, -0.25) is 14.2 Å². The summed E-state index contributed by atoms with van der Waals surface area (Å²) in [7, 11) is 0. The molecule has 0 aliphatic carbocycles. The fraction of sp³-hybridized carbons (Fsp3) is 0.222. The Morgan fingerprint density at radius 2 is 2.07 bits per heavy atom. The molecule has 140 valence electrons. The molecule has 0 unspecified atom stereocenters. The van der Waals surface area contributed by atoms with Crippen molar-refractivity contribution in [1.82, 2.24) is 9.55 Å². The van der Waals surface area contributed by atoms with Gasteiger partial charge in [0.2, 0.25) is 5.91 Å². The zero-order valence-electron chi connectivity index (χ0n) is 14.6. The number of fused-ring (bicyclic) bond motifs is 1. The Hall–Kier alpha value is -2.27. The number of carbonyl (C=O) groups excluding carboxylic acids is 2. The fourth-order valence-corrected chi connectivity index (χ4v) is 4.13. The zero-order chi connectivity index (χ0) is 19.6. The van der Waals surface area contributed by atoms with Crippen LogP contribution in [0.3, 0.4) is 0 Å². The molecule has 1 amide bonds. The highest BCUT2D eigenvalue weighted by Gasteiger charge is 2.20. The van der Waals surface area contributed by atoms with Gasteiger partial charge in [0.1, 0.15) is 16.3 Å². The van der Waals surface area contributed by atoms with Gasteiger partial charge in [-0.25, -0.2) is 9.78 Å². The second-order valence-corrected chi connectivity index (χ2v) is 7.82. The lowest BCUT2D eigenvalue weighted by Gasteiger charge is -2.08. The van der Waals surface area contributed by atoms with Crippen molar-refractivity contribution in [3.05, 3.63) is 55.0 Å². The molecule has 1 aromatic carbocycles.